The van der Waals surface area contributed by atoms with Crippen molar-refractivity contribution < 1.29 is 18.7 Å². The van der Waals surface area contributed by atoms with E-state index in [-0.39, 0.29) is 11.3 Å². The molecule has 0 amide bonds. The van der Waals surface area contributed by atoms with Gasteiger partial charge in [-0.2, -0.15) is 0 Å². The van der Waals surface area contributed by atoms with Crippen LogP contribution in [0.15, 0.2) is 15.3 Å². The lowest BCUT2D eigenvalue weighted by Gasteiger charge is -2.10. The Kier molecular flexibility index (Phi) is 5.42. The van der Waals surface area contributed by atoms with Gasteiger partial charge in [-0.3, -0.25) is 0 Å². The number of ether oxygens (including phenoxy) is 2. The fraction of sp³-hybridized carbons (Fsp3) is 0.538. The molecule has 0 aromatic carbocycles. The van der Waals surface area contributed by atoms with Gasteiger partial charge < -0.3 is 13.9 Å². The number of unbranched alkanes of at least 4 members (excludes halogenated alkanes) is 2. The molecule has 0 N–H and O–H groups in total. The monoisotopic (exact) mass is 254 g/mol. The van der Waals surface area contributed by atoms with Crippen molar-refractivity contribution in [2.24, 2.45) is 0 Å². The predicted molar refractivity (Wildman–Crippen MR) is 66.1 cm³/mol. The first kappa shape index (κ1) is 14.3. The van der Waals surface area contributed by atoms with Crippen LogP contribution >= 0.6 is 0 Å². The second kappa shape index (κ2) is 6.83. The summed E-state index contributed by atoms with van der Waals surface area (Å²) < 4.78 is 14.8. The lowest BCUT2D eigenvalue weighted by Crippen LogP contribution is -2.13. The Morgan fingerprint density at radius 1 is 1.33 bits per heavy atom. The van der Waals surface area contributed by atoms with Gasteiger partial charge in [0.1, 0.15) is 17.1 Å². The van der Waals surface area contributed by atoms with E-state index in [4.69, 9.17) is 9.15 Å². The molecule has 0 spiro atoms. The van der Waals surface area contributed by atoms with Crippen molar-refractivity contribution in [2.45, 2.75) is 32.6 Å². The van der Waals surface area contributed by atoms with Crippen LogP contribution in [0.5, 0.6) is 5.75 Å². The third kappa shape index (κ3) is 3.35. The van der Waals surface area contributed by atoms with Crippen molar-refractivity contribution in [2.75, 3.05) is 14.2 Å². The molecule has 18 heavy (non-hydrogen) atoms. The Morgan fingerprint density at radius 2 is 2.06 bits per heavy atom. The van der Waals surface area contributed by atoms with Gasteiger partial charge in [-0.05, 0) is 6.42 Å². The zero-order valence-electron chi connectivity index (χ0n) is 10.9. The molecule has 0 saturated carbocycles. The highest BCUT2D eigenvalue weighted by atomic mass is 16.5. The standard InChI is InChI=1S/C13H18O5/c1-4-5-6-7-9-12(13(15)17-3)10(16-2)8-11(14)18-9/h8H,4-7H2,1-3H3. The molecule has 0 aliphatic carbocycles. The summed E-state index contributed by atoms with van der Waals surface area (Å²) in [6, 6.07) is 1.15. The molecule has 0 aliphatic heterocycles. The molecule has 0 unspecified atom stereocenters. The largest absolute Gasteiger partial charge is 0.495 e. The highest BCUT2D eigenvalue weighted by Crippen LogP contribution is 2.22. The minimum Gasteiger partial charge on any atom is -0.495 e. The molecule has 0 radical (unpaired) electrons. The first-order valence-electron chi connectivity index (χ1n) is 5.93. The molecule has 1 heterocycles. The van der Waals surface area contributed by atoms with E-state index >= 15 is 0 Å². The summed E-state index contributed by atoms with van der Waals surface area (Å²) in [6.45, 7) is 2.07. The van der Waals surface area contributed by atoms with Gasteiger partial charge in [-0.1, -0.05) is 19.8 Å². The van der Waals surface area contributed by atoms with E-state index in [1.165, 1.54) is 14.2 Å². The molecule has 1 aromatic heterocycles. The van der Waals surface area contributed by atoms with Gasteiger partial charge >= 0.3 is 11.6 Å². The van der Waals surface area contributed by atoms with Crippen LogP contribution in [-0.4, -0.2) is 20.2 Å². The van der Waals surface area contributed by atoms with Gasteiger partial charge in [0.2, 0.25) is 0 Å². The first-order valence-corrected chi connectivity index (χ1v) is 5.93. The van der Waals surface area contributed by atoms with E-state index in [9.17, 15) is 9.59 Å². The van der Waals surface area contributed by atoms with Crippen molar-refractivity contribution in [1.82, 2.24) is 0 Å². The average Bonchev–Trinajstić information content (AvgIpc) is 2.37. The first-order chi connectivity index (χ1) is 8.63. The number of hydrogen-bond donors (Lipinski definition) is 0. The second-order valence-electron chi connectivity index (χ2n) is 3.88. The van der Waals surface area contributed by atoms with Gasteiger partial charge in [-0.25, -0.2) is 9.59 Å². The van der Waals surface area contributed by atoms with E-state index in [1.54, 1.807) is 0 Å². The van der Waals surface area contributed by atoms with Gasteiger partial charge in [0.15, 0.2) is 0 Å². The molecule has 100 valence electrons. The Labute approximate surface area is 106 Å². The van der Waals surface area contributed by atoms with E-state index in [0.717, 1.165) is 25.3 Å². The summed E-state index contributed by atoms with van der Waals surface area (Å²) in [5.41, 5.74) is -0.318. The number of carbonyl (C=O) groups is 1. The van der Waals surface area contributed by atoms with E-state index in [0.29, 0.717) is 12.2 Å². The number of rotatable bonds is 6. The highest BCUT2D eigenvalue weighted by Gasteiger charge is 2.21. The fourth-order valence-electron chi connectivity index (χ4n) is 1.71. The third-order valence-corrected chi connectivity index (χ3v) is 2.61. The maximum atomic E-state index is 11.7. The Morgan fingerprint density at radius 3 is 2.61 bits per heavy atom. The maximum absolute atomic E-state index is 11.7. The average molecular weight is 254 g/mol. The van der Waals surface area contributed by atoms with E-state index < -0.39 is 11.6 Å². The van der Waals surface area contributed by atoms with Crippen LogP contribution in [0, 0.1) is 0 Å². The molecule has 1 rings (SSSR count). The number of aryl methyl sites for hydroxylation is 1. The SMILES string of the molecule is CCCCCc1oc(=O)cc(OC)c1C(=O)OC. The van der Waals surface area contributed by atoms with Crippen LogP contribution in [0.3, 0.4) is 0 Å². The summed E-state index contributed by atoms with van der Waals surface area (Å²) in [5, 5.41) is 0. The molecule has 1 aromatic rings. The number of esters is 1. The molecule has 0 atom stereocenters. The minimum absolute atomic E-state index is 0.199. The Bertz CT molecular complexity index is 461. The second-order valence-corrected chi connectivity index (χ2v) is 3.88. The van der Waals surface area contributed by atoms with Crippen molar-refractivity contribution in [1.29, 1.82) is 0 Å². The Hall–Kier alpha value is -1.78. The number of carbonyl (C=O) groups excluding carboxylic acids is 1. The highest BCUT2D eigenvalue weighted by molar-refractivity contribution is 5.93. The van der Waals surface area contributed by atoms with Gasteiger partial charge in [0.05, 0.1) is 20.3 Å². The maximum Gasteiger partial charge on any atom is 0.345 e. The molecular weight excluding hydrogens is 236 g/mol. The van der Waals surface area contributed by atoms with E-state index in [1.807, 2.05) is 0 Å². The summed E-state index contributed by atoms with van der Waals surface area (Å²) >= 11 is 0. The molecule has 0 aliphatic rings. The minimum atomic E-state index is -0.554. The van der Waals surface area contributed by atoms with Crippen molar-refractivity contribution in [3.05, 3.63) is 27.8 Å². The molecular formula is C13H18O5. The summed E-state index contributed by atoms with van der Waals surface area (Å²) in [4.78, 5) is 23.1. The van der Waals surface area contributed by atoms with Gasteiger partial charge in [0.25, 0.3) is 0 Å². The number of methoxy groups -OCH3 is 2. The molecule has 0 saturated heterocycles. The van der Waals surface area contributed by atoms with Crippen LogP contribution in [0.2, 0.25) is 0 Å². The van der Waals surface area contributed by atoms with Gasteiger partial charge in [0, 0.05) is 6.42 Å². The van der Waals surface area contributed by atoms with Crippen LogP contribution in [0.25, 0.3) is 0 Å². The fourth-order valence-corrected chi connectivity index (χ4v) is 1.71. The molecule has 5 nitrogen and oxygen atoms in total. The lowest BCUT2D eigenvalue weighted by atomic mass is 10.1. The number of hydrogen-bond acceptors (Lipinski definition) is 5. The predicted octanol–water partition coefficient (Wildman–Crippen LogP) is 2.17. The van der Waals surface area contributed by atoms with Crippen molar-refractivity contribution in [3.63, 3.8) is 0 Å². The quantitative estimate of drug-likeness (QED) is 0.575. The van der Waals surface area contributed by atoms with Crippen LogP contribution in [0.4, 0.5) is 0 Å². The van der Waals surface area contributed by atoms with Crippen molar-refractivity contribution >= 4 is 5.97 Å². The summed E-state index contributed by atoms with van der Waals surface area (Å²) in [7, 11) is 2.68. The zero-order chi connectivity index (χ0) is 13.5. The molecule has 5 heteroatoms. The molecule has 0 fully saturated rings. The van der Waals surface area contributed by atoms with Crippen LogP contribution in [-0.2, 0) is 11.2 Å². The zero-order valence-corrected chi connectivity index (χ0v) is 10.9. The van der Waals surface area contributed by atoms with Crippen LogP contribution < -0.4 is 10.4 Å². The lowest BCUT2D eigenvalue weighted by molar-refractivity contribution is 0.0591. The van der Waals surface area contributed by atoms with Gasteiger partial charge in [-0.15, -0.1) is 0 Å². The molecule has 0 bridgehead atoms. The van der Waals surface area contributed by atoms with Crippen molar-refractivity contribution in [3.8, 4) is 5.75 Å². The van der Waals surface area contributed by atoms with Crippen LogP contribution in [0.1, 0.15) is 42.3 Å². The topological polar surface area (TPSA) is 65.7 Å². The normalized spacial score (nSPS) is 10.2. The van der Waals surface area contributed by atoms with E-state index in [2.05, 4.69) is 11.7 Å². The summed E-state index contributed by atoms with van der Waals surface area (Å²) in [5.74, 6) is -0.0219. The Balaban J connectivity index is 3.15. The smallest absolute Gasteiger partial charge is 0.345 e. The third-order valence-electron chi connectivity index (χ3n) is 2.61. The summed E-state index contributed by atoms with van der Waals surface area (Å²) in [6.07, 6.45) is 3.41.